The molecule has 0 radical (unpaired) electrons. The molecule has 22 heavy (non-hydrogen) atoms. The van der Waals surface area contributed by atoms with E-state index in [4.69, 9.17) is 4.74 Å². The Labute approximate surface area is 138 Å². The van der Waals surface area contributed by atoms with Crippen molar-refractivity contribution < 1.29 is 4.74 Å². The second-order valence-electron chi connectivity index (χ2n) is 5.15. The zero-order valence-electron chi connectivity index (χ0n) is 12.4. The Hall–Kier alpha value is -1.73. The standard InChI is InChI=1S/C15H18BrN5O/c1-22-13-2-3-17-15(8-13)21-6-4-20(5-7-21)11-12-9-19-14(16)10-18-12/h2-3,8-10H,4-7,11H2,1H3. The van der Waals surface area contributed by atoms with Crippen molar-refractivity contribution in [1.29, 1.82) is 0 Å². The van der Waals surface area contributed by atoms with Crippen LogP contribution in [0.25, 0.3) is 0 Å². The first-order valence-electron chi connectivity index (χ1n) is 7.18. The van der Waals surface area contributed by atoms with Gasteiger partial charge in [0.15, 0.2) is 0 Å². The van der Waals surface area contributed by atoms with Gasteiger partial charge < -0.3 is 9.64 Å². The summed E-state index contributed by atoms with van der Waals surface area (Å²) in [6.45, 7) is 4.70. The van der Waals surface area contributed by atoms with E-state index in [-0.39, 0.29) is 0 Å². The van der Waals surface area contributed by atoms with Crippen molar-refractivity contribution in [3.05, 3.63) is 41.0 Å². The van der Waals surface area contributed by atoms with Gasteiger partial charge in [0.1, 0.15) is 16.2 Å². The van der Waals surface area contributed by atoms with Crippen molar-refractivity contribution in [1.82, 2.24) is 19.9 Å². The molecule has 116 valence electrons. The maximum absolute atomic E-state index is 5.26. The van der Waals surface area contributed by atoms with Gasteiger partial charge in [-0.2, -0.15) is 0 Å². The zero-order chi connectivity index (χ0) is 15.4. The molecule has 6 nitrogen and oxygen atoms in total. The average Bonchev–Trinajstić information content (AvgIpc) is 2.58. The summed E-state index contributed by atoms with van der Waals surface area (Å²) in [4.78, 5) is 17.7. The zero-order valence-corrected chi connectivity index (χ0v) is 14.0. The van der Waals surface area contributed by atoms with Crippen molar-refractivity contribution >= 4 is 21.7 Å². The van der Waals surface area contributed by atoms with Gasteiger partial charge in [0, 0.05) is 45.0 Å². The van der Waals surface area contributed by atoms with E-state index in [9.17, 15) is 0 Å². The van der Waals surface area contributed by atoms with Crippen molar-refractivity contribution in [2.75, 3.05) is 38.2 Å². The number of hydrogen-bond acceptors (Lipinski definition) is 6. The maximum Gasteiger partial charge on any atom is 0.132 e. The van der Waals surface area contributed by atoms with Gasteiger partial charge in [-0.05, 0) is 22.0 Å². The van der Waals surface area contributed by atoms with Gasteiger partial charge in [-0.3, -0.25) is 9.88 Å². The first-order valence-corrected chi connectivity index (χ1v) is 7.97. The molecule has 3 heterocycles. The fourth-order valence-electron chi connectivity index (χ4n) is 2.48. The highest BCUT2D eigenvalue weighted by molar-refractivity contribution is 9.10. The van der Waals surface area contributed by atoms with Crippen LogP contribution in [0.1, 0.15) is 5.69 Å². The van der Waals surface area contributed by atoms with Crippen LogP contribution in [0, 0.1) is 0 Å². The molecule has 7 heteroatoms. The minimum Gasteiger partial charge on any atom is -0.497 e. The maximum atomic E-state index is 5.26. The van der Waals surface area contributed by atoms with Crippen LogP contribution >= 0.6 is 15.9 Å². The van der Waals surface area contributed by atoms with E-state index < -0.39 is 0 Å². The molecule has 0 bridgehead atoms. The lowest BCUT2D eigenvalue weighted by molar-refractivity contribution is 0.246. The van der Waals surface area contributed by atoms with Gasteiger partial charge in [0.25, 0.3) is 0 Å². The van der Waals surface area contributed by atoms with Gasteiger partial charge in [-0.15, -0.1) is 0 Å². The van der Waals surface area contributed by atoms with Crippen molar-refractivity contribution in [2.45, 2.75) is 6.54 Å². The van der Waals surface area contributed by atoms with Crippen molar-refractivity contribution in [3.63, 3.8) is 0 Å². The lowest BCUT2D eigenvalue weighted by atomic mass is 10.3. The SMILES string of the molecule is COc1ccnc(N2CCN(Cc3cnc(Br)cn3)CC2)c1. The molecule has 3 rings (SSSR count). The predicted molar refractivity (Wildman–Crippen MR) is 88.0 cm³/mol. The second kappa shape index (κ2) is 7.02. The number of hydrogen-bond donors (Lipinski definition) is 0. The first kappa shape index (κ1) is 15.2. The summed E-state index contributed by atoms with van der Waals surface area (Å²) < 4.78 is 6.03. The second-order valence-corrected chi connectivity index (χ2v) is 5.96. The van der Waals surface area contributed by atoms with E-state index in [0.717, 1.165) is 54.6 Å². The fraction of sp³-hybridized carbons (Fsp3) is 0.400. The number of methoxy groups -OCH3 is 1. The smallest absolute Gasteiger partial charge is 0.132 e. The van der Waals surface area contributed by atoms with E-state index in [1.165, 1.54) is 0 Å². The highest BCUT2D eigenvalue weighted by Gasteiger charge is 2.18. The molecule has 0 amide bonds. The average molecular weight is 364 g/mol. The Morgan fingerprint density at radius 2 is 1.95 bits per heavy atom. The number of nitrogens with zero attached hydrogens (tertiary/aromatic N) is 5. The van der Waals surface area contributed by atoms with Crippen LogP contribution in [-0.4, -0.2) is 53.1 Å². The molecule has 0 saturated carbocycles. The fourth-order valence-corrected chi connectivity index (χ4v) is 2.69. The molecule has 0 atom stereocenters. The van der Waals surface area contributed by atoms with Gasteiger partial charge in [0.05, 0.1) is 25.2 Å². The molecular weight excluding hydrogens is 346 g/mol. The van der Waals surface area contributed by atoms with E-state index in [0.29, 0.717) is 0 Å². The lowest BCUT2D eigenvalue weighted by Crippen LogP contribution is -2.46. The largest absolute Gasteiger partial charge is 0.497 e. The summed E-state index contributed by atoms with van der Waals surface area (Å²) in [5, 5.41) is 0. The molecule has 1 aliphatic rings. The quantitative estimate of drug-likeness (QED) is 0.827. The molecule has 1 saturated heterocycles. The van der Waals surface area contributed by atoms with Crippen LogP contribution in [0.4, 0.5) is 5.82 Å². The third-order valence-corrected chi connectivity index (χ3v) is 4.12. The van der Waals surface area contributed by atoms with Crippen LogP contribution in [-0.2, 0) is 6.54 Å². The molecule has 0 N–H and O–H groups in total. The molecule has 1 aliphatic heterocycles. The van der Waals surface area contributed by atoms with Crippen molar-refractivity contribution in [3.8, 4) is 5.75 Å². The van der Waals surface area contributed by atoms with Gasteiger partial charge >= 0.3 is 0 Å². The number of halogens is 1. The molecule has 2 aromatic heterocycles. The summed E-state index contributed by atoms with van der Waals surface area (Å²) in [6, 6.07) is 3.85. The van der Waals surface area contributed by atoms with Crippen LogP contribution in [0.2, 0.25) is 0 Å². The third-order valence-electron chi connectivity index (χ3n) is 3.71. The Morgan fingerprint density at radius 3 is 2.64 bits per heavy atom. The van der Waals surface area contributed by atoms with E-state index >= 15 is 0 Å². The lowest BCUT2D eigenvalue weighted by Gasteiger charge is -2.35. The highest BCUT2D eigenvalue weighted by Crippen LogP contribution is 2.19. The third kappa shape index (κ3) is 3.72. The van der Waals surface area contributed by atoms with E-state index in [1.807, 2.05) is 18.3 Å². The Kier molecular flexibility index (Phi) is 4.84. The number of rotatable bonds is 4. The molecule has 0 aliphatic carbocycles. The molecule has 0 unspecified atom stereocenters. The Morgan fingerprint density at radius 1 is 1.14 bits per heavy atom. The number of anilines is 1. The topological polar surface area (TPSA) is 54.4 Å². The molecule has 0 aromatic carbocycles. The number of ether oxygens (including phenoxy) is 1. The minimum absolute atomic E-state index is 0.769. The summed E-state index contributed by atoms with van der Waals surface area (Å²) in [5.74, 6) is 1.82. The van der Waals surface area contributed by atoms with Crippen LogP contribution in [0.5, 0.6) is 5.75 Å². The van der Waals surface area contributed by atoms with Crippen LogP contribution in [0.3, 0.4) is 0 Å². The highest BCUT2D eigenvalue weighted by atomic mass is 79.9. The number of aromatic nitrogens is 3. The summed E-state index contributed by atoms with van der Waals surface area (Å²) in [7, 11) is 1.68. The van der Waals surface area contributed by atoms with Crippen LogP contribution < -0.4 is 9.64 Å². The van der Waals surface area contributed by atoms with E-state index in [1.54, 1.807) is 19.5 Å². The summed E-state index contributed by atoms with van der Waals surface area (Å²) in [5.41, 5.74) is 0.996. The summed E-state index contributed by atoms with van der Waals surface area (Å²) in [6.07, 6.45) is 5.35. The summed E-state index contributed by atoms with van der Waals surface area (Å²) >= 11 is 3.31. The molecule has 0 spiro atoms. The van der Waals surface area contributed by atoms with Gasteiger partial charge in [0.2, 0.25) is 0 Å². The number of pyridine rings is 1. The Bertz CT molecular complexity index is 614. The van der Waals surface area contributed by atoms with E-state index in [2.05, 4.69) is 40.7 Å². The molecular formula is C15H18BrN5O. The normalized spacial score (nSPS) is 15.8. The monoisotopic (exact) mass is 363 g/mol. The van der Waals surface area contributed by atoms with Crippen LogP contribution in [0.15, 0.2) is 35.3 Å². The minimum atomic E-state index is 0.769. The first-order chi connectivity index (χ1) is 10.7. The van der Waals surface area contributed by atoms with Gasteiger partial charge in [-0.25, -0.2) is 9.97 Å². The van der Waals surface area contributed by atoms with Crippen molar-refractivity contribution in [2.24, 2.45) is 0 Å². The predicted octanol–water partition coefficient (Wildman–Crippen LogP) is 1.96. The number of piperazine rings is 1. The Balaban J connectivity index is 1.56. The molecule has 1 fully saturated rings. The van der Waals surface area contributed by atoms with Gasteiger partial charge in [-0.1, -0.05) is 0 Å². The molecule has 2 aromatic rings.